The minimum absolute atomic E-state index is 0.116. The molecule has 2 amide bonds. The van der Waals surface area contributed by atoms with Crippen LogP contribution in [0.3, 0.4) is 0 Å². The van der Waals surface area contributed by atoms with E-state index in [2.05, 4.69) is 10.6 Å². The second-order valence-corrected chi connectivity index (χ2v) is 8.90. The summed E-state index contributed by atoms with van der Waals surface area (Å²) in [6, 6.07) is 13.9. The van der Waals surface area contributed by atoms with E-state index in [1.54, 1.807) is 49.8 Å². The number of nitrogens with zero attached hydrogens (tertiary/aromatic N) is 2. The molecular weight excluding hydrogens is 444 g/mol. The summed E-state index contributed by atoms with van der Waals surface area (Å²) in [5, 5.41) is 5.08. The first-order valence-electron chi connectivity index (χ1n) is 10.2. The first kappa shape index (κ1) is 22.4. The molecule has 0 bridgehead atoms. The number of para-hydroxylation sites is 1. The molecule has 0 spiro atoms. The molecule has 10 heteroatoms. The van der Waals surface area contributed by atoms with Crippen molar-refractivity contribution >= 4 is 40.9 Å². The van der Waals surface area contributed by atoms with Crippen molar-refractivity contribution in [3.8, 4) is 5.69 Å². The third kappa shape index (κ3) is 4.42. The van der Waals surface area contributed by atoms with Gasteiger partial charge in [-0.05, 0) is 44.2 Å². The van der Waals surface area contributed by atoms with Crippen LogP contribution in [0, 0.1) is 6.92 Å². The zero-order chi connectivity index (χ0) is 23.7. The summed E-state index contributed by atoms with van der Waals surface area (Å²) in [5.41, 5.74) is 1.68. The highest BCUT2D eigenvalue weighted by Crippen LogP contribution is 2.36. The molecule has 170 valence electrons. The van der Waals surface area contributed by atoms with Crippen LogP contribution in [-0.2, 0) is 21.4 Å². The Balaban J connectivity index is 1.43. The van der Waals surface area contributed by atoms with Gasteiger partial charge in [0.1, 0.15) is 5.69 Å². The summed E-state index contributed by atoms with van der Waals surface area (Å²) < 4.78 is 8.20. The fourth-order valence-corrected chi connectivity index (χ4v) is 4.37. The number of hydrogen-bond acceptors (Lipinski definition) is 6. The fraction of sp³-hybridized carbons (Fsp3) is 0.217. The van der Waals surface area contributed by atoms with Crippen molar-refractivity contribution in [1.82, 2.24) is 9.36 Å². The highest BCUT2D eigenvalue weighted by atomic mass is 32.2. The Morgan fingerprint density at radius 1 is 1.15 bits per heavy atom. The van der Waals surface area contributed by atoms with Crippen molar-refractivity contribution in [1.29, 1.82) is 0 Å². The molecule has 0 aliphatic carbocycles. The van der Waals surface area contributed by atoms with Crippen LogP contribution in [0.4, 0.5) is 11.4 Å². The van der Waals surface area contributed by atoms with E-state index in [9.17, 15) is 19.2 Å². The normalized spacial score (nSPS) is 14.9. The molecule has 0 saturated heterocycles. The van der Waals surface area contributed by atoms with Gasteiger partial charge in [-0.25, -0.2) is 9.48 Å². The minimum Gasteiger partial charge on any atom is -0.452 e. The second kappa shape index (κ2) is 8.99. The van der Waals surface area contributed by atoms with Crippen LogP contribution in [0.15, 0.2) is 58.2 Å². The predicted octanol–water partition coefficient (Wildman–Crippen LogP) is 2.71. The number of rotatable bonds is 5. The summed E-state index contributed by atoms with van der Waals surface area (Å²) >= 11 is 1.40. The summed E-state index contributed by atoms with van der Waals surface area (Å²) in [6.45, 7) is 2.95. The number of fused-ring (bicyclic) bond motifs is 1. The van der Waals surface area contributed by atoms with Gasteiger partial charge in [-0.3, -0.25) is 19.1 Å². The molecule has 2 N–H and O–H groups in total. The number of amides is 2. The van der Waals surface area contributed by atoms with Gasteiger partial charge < -0.3 is 15.4 Å². The number of esters is 1. The van der Waals surface area contributed by atoms with Crippen molar-refractivity contribution in [3.05, 3.63) is 70.1 Å². The van der Waals surface area contributed by atoms with E-state index in [-0.39, 0.29) is 22.4 Å². The third-order valence-electron chi connectivity index (χ3n) is 5.30. The number of nitrogens with one attached hydrogen (secondary N) is 2. The van der Waals surface area contributed by atoms with Crippen LogP contribution in [-0.4, -0.2) is 39.0 Å². The number of thioether (sulfide) groups is 1. The molecule has 0 radical (unpaired) electrons. The molecule has 0 fully saturated rings. The number of carbonyl (C=O) groups excluding carboxylic acids is 3. The lowest BCUT2D eigenvalue weighted by Crippen LogP contribution is -2.27. The van der Waals surface area contributed by atoms with Gasteiger partial charge in [-0.2, -0.15) is 0 Å². The van der Waals surface area contributed by atoms with Gasteiger partial charge in [-0.15, -0.1) is 11.8 Å². The molecule has 2 aromatic carbocycles. The molecule has 2 heterocycles. The number of anilines is 2. The largest absolute Gasteiger partial charge is 0.452 e. The highest BCUT2D eigenvalue weighted by molar-refractivity contribution is 8.00. The molecule has 1 aliphatic heterocycles. The van der Waals surface area contributed by atoms with Gasteiger partial charge >= 0.3 is 5.97 Å². The molecule has 1 atom stereocenters. The van der Waals surface area contributed by atoms with E-state index >= 15 is 0 Å². The maximum Gasteiger partial charge on any atom is 0.338 e. The molecule has 3 aromatic rings. The number of aromatic nitrogens is 2. The Labute approximate surface area is 193 Å². The van der Waals surface area contributed by atoms with E-state index < -0.39 is 24.0 Å². The highest BCUT2D eigenvalue weighted by Gasteiger charge is 2.24. The summed E-state index contributed by atoms with van der Waals surface area (Å²) in [5.74, 6) is -1.49. The SMILES string of the molecule is Cc1c(NC(=O)COC(=O)c2ccc3c(c2)NC(=O)C(C)S3)c(=O)n(-c2ccccc2)n1C. The minimum atomic E-state index is -0.711. The summed E-state index contributed by atoms with van der Waals surface area (Å²) in [7, 11) is 1.72. The van der Waals surface area contributed by atoms with Crippen LogP contribution in [0.5, 0.6) is 0 Å². The smallest absolute Gasteiger partial charge is 0.338 e. The zero-order valence-electron chi connectivity index (χ0n) is 18.2. The molecule has 1 aromatic heterocycles. The van der Waals surface area contributed by atoms with Gasteiger partial charge in [0.2, 0.25) is 5.91 Å². The number of hydrogen-bond donors (Lipinski definition) is 2. The molecule has 0 saturated carbocycles. The lowest BCUT2D eigenvalue weighted by atomic mass is 10.2. The van der Waals surface area contributed by atoms with Crippen molar-refractivity contribution < 1.29 is 19.1 Å². The van der Waals surface area contributed by atoms with E-state index in [1.165, 1.54) is 22.5 Å². The van der Waals surface area contributed by atoms with E-state index in [0.717, 1.165) is 4.90 Å². The second-order valence-electron chi connectivity index (χ2n) is 7.52. The Morgan fingerprint density at radius 2 is 1.88 bits per heavy atom. The first-order chi connectivity index (χ1) is 15.8. The lowest BCUT2D eigenvalue weighted by molar-refractivity contribution is -0.119. The molecule has 1 unspecified atom stereocenters. The standard InChI is InChI=1S/C23H22N4O5S/c1-13-20(22(30)27(26(13)3)16-7-5-4-6-8-16)25-19(28)12-32-23(31)15-9-10-18-17(11-15)24-21(29)14(2)33-18/h4-11,14H,12H2,1-3H3,(H,24,29)(H,25,28). The average molecular weight is 467 g/mol. The van der Waals surface area contributed by atoms with Crippen molar-refractivity contribution in [2.45, 2.75) is 24.0 Å². The number of benzene rings is 2. The van der Waals surface area contributed by atoms with Crippen molar-refractivity contribution in [3.63, 3.8) is 0 Å². The van der Waals surface area contributed by atoms with Crippen LogP contribution in [0.2, 0.25) is 0 Å². The summed E-state index contributed by atoms with van der Waals surface area (Å²) in [4.78, 5) is 50.4. The van der Waals surface area contributed by atoms with Crippen LogP contribution in [0.25, 0.3) is 5.69 Å². The Morgan fingerprint density at radius 3 is 2.61 bits per heavy atom. The molecule has 4 rings (SSSR count). The topological polar surface area (TPSA) is 111 Å². The molecule has 1 aliphatic rings. The quantitative estimate of drug-likeness (QED) is 0.560. The van der Waals surface area contributed by atoms with Crippen LogP contribution >= 0.6 is 11.8 Å². The third-order valence-corrected chi connectivity index (χ3v) is 6.48. The van der Waals surface area contributed by atoms with Crippen LogP contribution in [0.1, 0.15) is 23.0 Å². The molecule has 9 nitrogen and oxygen atoms in total. The van der Waals surface area contributed by atoms with Gasteiger partial charge in [0.05, 0.1) is 27.9 Å². The van der Waals surface area contributed by atoms with Gasteiger partial charge in [0.15, 0.2) is 6.61 Å². The predicted molar refractivity (Wildman–Crippen MR) is 125 cm³/mol. The zero-order valence-corrected chi connectivity index (χ0v) is 19.1. The lowest BCUT2D eigenvalue weighted by Gasteiger charge is -2.21. The van der Waals surface area contributed by atoms with Crippen LogP contribution < -0.4 is 16.2 Å². The fourth-order valence-electron chi connectivity index (χ4n) is 3.44. The monoisotopic (exact) mass is 466 g/mol. The molecular formula is C23H22N4O5S. The van der Waals surface area contributed by atoms with E-state index in [1.807, 2.05) is 18.2 Å². The van der Waals surface area contributed by atoms with Gasteiger partial charge in [0.25, 0.3) is 11.5 Å². The van der Waals surface area contributed by atoms with Crippen molar-refractivity contribution in [2.24, 2.45) is 7.05 Å². The average Bonchev–Trinajstić information content (AvgIpc) is 3.01. The maximum atomic E-state index is 12.9. The first-order valence-corrected chi connectivity index (χ1v) is 11.1. The van der Waals surface area contributed by atoms with E-state index in [4.69, 9.17) is 4.74 Å². The van der Waals surface area contributed by atoms with Gasteiger partial charge in [-0.1, -0.05) is 18.2 Å². The van der Waals surface area contributed by atoms with E-state index in [0.29, 0.717) is 17.1 Å². The Bertz CT molecular complexity index is 1310. The number of carbonyl (C=O) groups is 3. The van der Waals surface area contributed by atoms with Crippen molar-refractivity contribution in [2.75, 3.05) is 17.2 Å². The Hall–Kier alpha value is -3.79. The van der Waals surface area contributed by atoms with Gasteiger partial charge in [0, 0.05) is 11.9 Å². The number of ether oxygens (including phenoxy) is 1. The Kier molecular flexibility index (Phi) is 6.10. The maximum absolute atomic E-state index is 12.9. The summed E-state index contributed by atoms with van der Waals surface area (Å²) in [6.07, 6.45) is 0. The molecule has 33 heavy (non-hydrogen) atoms.